The summed E-state index contributed by atoms with van der Waals surface area (Å²) in [5.74, 6) is 0. The van der Waals surface area contributed by atoms with Crippen LogP contribution in [0.15, 0.2) is 0 Å². The number of hydrogen-bond donors (Lipinski definition) is 1. The third-order valence-electron chi connectivity index (χ3n) is 1.83. The smallest absolute Gasteiger partial charge is 0.107 e. The summed E-state index contributed by atoms with van der Waals surface area (Å²) in [4.78, 5) is 2.05. The van der Waals surface area contributed by atoms with Crippen LogP contribution < -0.4 is 0 Å². The van der Waals surface area contributed by atoms with Gasteiger partial charge in [-0.25, -0.2) is 0 Å². The minimum absolute atomic E-state index is 0.260. The number of ether oxygens (including phenoxy) is 1. The Morgan fingerprint density at radius 1 is 1.50 bits per heavy atom. The van der Waals surface area contributed by atoms with Crippen molar-refractivity contribution >= 4 is 0 Å². The van der Waals surface area contributed by atoms with Gasteiger partial charge in [0.15, 0.2) is 0 Å². The van der Waals surface area contributed by atoms with Gasteiger partial charge in [0.2, 0.25) is 0 Å². The second-order valence-electron chi connectivity index (χ2n) is 2.54. The first-order valence-corrected chi connectivity index (χ1v) is 3.84. The molecule has 0 aromatic carbocycles. The molecular formula is C7H15NO2. The van der Waals surface area contributed by atoms with E-state index in [1.165, 1.54) is 0 Å². The second kappa shape index (κ2) is 3.91. The first-order valence-electron chi connectivity index (χ1n) is 3.84. The molecule has 3 heteroatoms. The molecule has 1 aliphatic rings. The molecule has 0 saturated carbocycles. The summed E-state index contributed by atoms with van der Waals surface area (Å²) in [6.07, 6.45) is 0.545. The van der Waals surface area contributed by atoms with Gasteiger partial charge in [0, 0.05) is 13.1 Å². The molecule has 1 aliphatic heterocycles. The molecule has 60 valence electrons. The Morgan fingerprint density at radius 2 is 2.10 bits per heavy atom. The summed E-state index contributed by atoms with van der Waals surface area (Å²) in [5, 5.41) is 9.35. The molecule has 1 fully saturated rings. The highest BCUT2D eigenvalue weighted by Crippen LogP contribution is 2.03. The lowest BCUT2D eigenvalue weighted by molar-refractivity contribution is -0.0593. The molecule has 0 aliphatic carbocycles. The van der Waals surface area contributed by atoms with E-state index in [0.29, 0.717) is 0 Å². The molecule has 1 heterocycles. The van der Waals surface area contributed by atoms with Gasteiger partial charge in [-0.3, -0.25) is 4.90 Å². The quantitative estimate of drug-likeness (QED) is 0.596. The summed E-state index contributed by atoms with van der Waals surface area (Å²) in [5.41, 5.74) is 0. The Kier molecular flexibility index (Phi) is 3.12. The zero-order valence-corrected chi connectivity index (χ0v) is 6.42. The maximum absolute atomic E-state index is 9.35. The van der Waals surface area contributed by atoms with Gasteiger partial charge in [0.1, 0.15) is 6.23 Å². The van der Waals surface area contributed by atoms with E-state index in [1.807, 2.05) is 11.8 Å². The Bertz CT molecular complexity index is 91.6. The van der Waals surface area contributed by atoms with Crippen LogP contribution in [-0.2, 0) is 4.74 Å². The van der Waals surface area contributed by atoms with Gasteiger partial charge in [-0.05, 0) is 6.42 Å². The average molecular weight is 145 g/mol. The van der Waals surface area contributed by atoms with Gasteiger partial charge >= 0.3 is 0 Å². The van der Waals surface area contributed by atoms with E-state index < -0.39 is 0 Å². The topological polar surface area (TPSA) is 32.7 Å². The summed E-state index contributed by atoms with van der Waals surface area (Å²) >= 11 is 0. The molecule has 0 aromatic heterocycles. The Labute approximate surface area is 61.6 Å². The second-order valence-corrected chi connectivity index (χ2v) is 2.54. The zero-order valence-electron chi connectivity index (χ0n) is 6.42. The van der Waals surface area contributed by atoms with Gasteiger partial charge in [0.25, 0.3) is 0 Å². The molecule has 1 rings (SSSR count). The number of morpholine rings is 1. The first-order chi connectivity index (χ1) is 4.84. The van der Waals surface area contributed by atoms with Crippen molar-refractivity contribution in [2.75, 3.05) is 26.3 Å². The van der Waals surface area contributed by atoms with Gasteiger partial charge in [-0.2, -0.15) is 0 Å². The lowest BCUT2D eigenvalue weighted by atomic mass is 10.3. The van der Waals surface area contributed by atoms with E-state index in [1.54, 1.807) is 0 Å². The summed E-state index contributed by atoms with van der Waals surface area (Å²) < 4.78 is 5.14. The highest BCUT2D eigenvalue weighted by molar-refractivity contribution is 4.63. The normalized spacial score (nSPS) is 24.6. The third kappa shape index (κ3) is 1.94. The highest BCUT2D eigenvalue weighted by atomic mass is 16.5. The van der Waals surface area contributed by atoms with Crippen LogP contribution in [0.3, 0.4) is 0 Å². The standard InChI is InChI=1S/C7H15NO2/c1-2-7(9)8-3-5-10-6-4-8/h7,9H,2-6H2,1H3. The van der Waals surface area contributed by atoms with Gasteiger partial charge < -0.3 is 9.84 Å². The molecule has 1 unspecified atom stereocenters. The van der Waals surface area contributed by atoms with E-state index in [4.69, 9.17) is 4.74 Å². The van der Waals surface area contributed by atoms with Crippen LogP contribution in [0.1, 0.15) is 13.3 Å². The van der Waals surface area contributed by atoms with Gasteiger partial charge in [-0.1, -0.05) is 6.92 Å². The number of nitrogens with zero attached hydrogens (tertiary/aromatic N) is 1. The summed E-state index contributed by atoms with van der Waals surface area (Å²) in [6, 6.07) is 0. The van der Waals surface area contributed by atoms with Crippen molar-refractivity contribution in [1.82, 2.24) is 4.90 Å². The van der Waals surface area contributed by atoms with E-state index >= 15 is 0 Å². The summed E-state index contributed by atoms with van der Waals surface area (Å²) in [7, 11) is 0. The molecule has 0 spiro atoms. The van der Waals surface area contributed by atoms with E-state index in [2.05, 4.69) is 0 Å². The monoisotopic (exact) mass is 145 g/mol. The summed E-state index contributed by atoms with van der Waals surface area (Å²) in [6.45, 7) is 5.25. The first kappa shape index (κ1) is 7.98. The van der Waals surface area contributed by atoms with Crippen LogP contribution in [0.5, 0.6) is 0 Å². The third-order valence-corrected chi connectivity index (χ3v) is 1.83. The predicted octanol–water partition coefficient (Wildman–Crippen LogP) is 0.0470. The Morgan fingerprint density at radius 3 is 2.60 bits per heavy atom. The predicted molar refractivity (Wildman–Crippen MR) is 38.7 cm³/mol. The van der Waals surface area contributed by atoms with Crippen molar-refractivity contribution in [3.05, 3.63) is 0 Å². The minimum atomic E-state index is -0.260. The fraction of sp³-hybridized carbons (Fsp3) is 1.00. The van der Waals surface area contributed by atoms with E-state index in [0.717, 1.165) is 32.7 Å². The molecule has 0 bridgehead atoms. The van der Waals surface area contributed by atoms with Crippen LogP contribution in [0.2, 0.25) is 0 Å². The van der Waals surface area contributed by atoms with Crippen molar-refractivity contribution in [1.29, 1.82) is 0 Å². The minimum Gasteiger partial charge on any atom is -0.379 e. The fourth-order valence-electron chi connectivity index (χ4n) is 1.13. The van der Waals surface area contributed by atoms with E-state index in [9.17, 15) is 5.11 Å². The molecule has 0 aromatic rings. The van der Waals surface area contributed by atoms with Crippen molar-refractivity contribution in [3.8, 4) is 0 Å². The molecule has 1 atom stereocenters. The fourth-order valence-corrected chi connectivity index (χ4v) is 1.13. The van der Waals surface area contributed by atoms with Gasteiger partial charge in [-0.15, -0.1) is 0 Å². The zero-order chi connectivity index (χ0) is 7.40. The number of rotatable bonds is 2. The molecule has 3 nitrogen and oxygen atoms in total. The van der Waals surface area contributed by atoms with Crippen LogP contribution in [-0.4, -0.2) is 42.5 Å². The van der Waals surface area contributed by atoms with Crippen molar-refractivity contribution in [2.24, 2.45) is 0 Å². The molecule has 1 N–H and O–H groups in total. The maximum Gasteiger partial charge on any atom is 0.107 e. The van der Waals surface area contributed by atoms with Crippen molar-refractivity contribution < 1.29 is 9.84 Å². The molecule has 0 radical (unpaired) electrons. The number of aliphatic hydroxyl groups is 1. The van der Waals surface area contributed by atoms with E-state index in [-0.39, 0.29) is 6.23 Å². The van der Waals surface area contributed by atoms with Crippen LogP contribution in [0.25, 0.3) is 0 Å². The maximum atomic E-state index is 9.35. The van der Waals surface area contributed by atoms with Gasteiger partial charge in [0.05, 0.1) is 13.2 Å². The average Bonchev–Trinajstić information content (AvgIpc) is 2.05. The Hall–Kier alpha value is -0.120. The SMILES string of the molecule is CCC(O)N1CCOCC1. The molecular weight excluding hydrogens is 130 g/mol. The van der Waals surface area contributed by atoms with Crippen LogP contribution in [0, 0.1) is 0 Å². The number of aliphatic hydroxyl groups excluding tert-OH is 1. The molecule has 1 saturated heterocycles. The van der Waals surface area contributed by atoms with Crippen molar-refractivity contribution in [3.63, 3.8) is 0 Å². The van der Waals surface area contributed by atoms with Crippen molar-refractivity contribution in [2.45, 2.75) is 19.6 Å². The lowest BCUT2D eigenvalue weighted by Crippen LogP contribution is -2.43. The molecule has 10 heavy (non-hydrogen) atoms. The highest BCUT2D eigenvalue weighted by Gasteiger charge is 2.15. The number of hydrogen-bond acceptors (Lipinski definition) is 3. The Balaban J connectivity index is 2.24. The van der Waals surface area contributed by atoms with Crippen LogP contribution in [0.4, 0.5) is 0 Å². The lowest BCUT2D eigenvalue weighted by Gasteiger charge is -2.30. The van der Waals surface area contributed by atoms with Crippen LogP contribution >= 0.6 is 0 Å². The largest absolute Gasteiger partial charge is 0.379 e. The molecule has 0 amide bonds.